The average molecular weight is 311 g/mol. The van der Waals surface area contributed by atoms with E-state index in [2.05, 4.69) is 11.0 Å². The first-order chi connectivity index (χ1) is 11.1. The van der Waals surface area contributed by atoms with Crippen molar-refractivity contribution in [2.75, 3.05) is 6.73 Å². The number of nitrogens with zero attached hydrogens (tertiary/aromatic N) is 1. The van der Waals surface area contributed by atoms with Crippen LogP contribution in [0.1, 0.15) is 22.5 Å². The molecule has 0 spiro atoms. The summed E-state index contributed by atoms with van der Waals surface area (Å²) in [5.74, 6) is 1.73. The quantitative estimate of drug-likeness (QED) is 0.679. The van der Waals surface area contributed by atoms with E-state index < -0.39 is 0 Å². The second-order valence-electron chi connectivity index (χ2n) is 5.95. The van der Waals surface area contributed by atoms with Gasteiger partial charge in [0.05, 0.1) is 12.8 Å². The fourth-order valence-electron chi connectivity index (χ4n) is 3.15. The first-order valence-electron chi connectivity index (χ1n) is 7.56. The smallest absolute Gasteiger partial charge is 0.336 e. The standard InChI is InChI=1S/C18H17NO4/c1-11-6-16(20)23-18-12(2)17-13(7-15(11)18)8-19(10-22-17)9-14-4-3-5-21-14/h3-7H,8-10H2,1-2H3. The molecule has 0 atom stereocenters. The summed E-state index contributed by atoms with van der Waals surface area (Å²) in [5, 5.41) is 0.962. The summed E-state index contributed by atoms with van der Waals surface area (Å²) in [6.45, 7) is 5.81. The Hall–Kier alpha value is -2.53. The Balaban J connectivity index is 1.75. The van der Waals surface area contributed by atoms with E-state index in [1.807, 2.05) is 26.0 Å². The summed E-state index contributed by atoms with van der Waals surface area (Å²) < 4.78 is 16.7. The van der Waals surface area contributed by atoms with Crippen LogP contribution in [0.3, 0.4) is 0 Å². The molecule has 0 N–H and O–H groups in total. The van der Waals surface area contributed by atoms with Gasteiger partial charge in [-0.25, -0.2) is 4.79 Å². The number of fused-ring (bicyclic) bond motifs is 2. The average Bonchev–Trinajstić information content (AvgIpc) is 3.01. The Morgan fingerprint density at radius 2 is 2.13 bits per heavy atom. The van der Waals surface area contributed by atoms with Gasteiger partial charge in [0, 0.05) is 29.1 Å². The minimum atomic E-state index is -0.326. The largest absolute Gasteiger partial charge is 0.477 e. The van der Waals surface area contributed by atoms with Gasteiger partial charge in [0.1, 0.15) is 23.8 Å². The molecule has 4 rings (SSSR count). The molecular weight excluding hydrogens is 294 g/mol. The Labute approximate surface area is 133 Å². The van der Waals surface area contributed by atoms with Gasteiger partial charge in [0.25, 0.3) is 0 Å². The van der Waals surface area contributed by atoms with E-state index in [0.717, 1.165) is 40.1 Å². The molecule has 1 aliphatic rings. The molecule has 0 radical (unpaired) electrons. The highest BCUT2D eigenvalue weighted by Crippen LogP contribution is 2.35. The van der Waals surface area contributed by atoms with Crippen LogP contribution >= 0.6 is 0 Å². The zero-order valence-corrected chi connectivity index (χ0v) is 13.1. The number of hydrogen-bond donors (Lipinski definition) is 0. The van der Waals surface area contributed by atoms with Gasteiger partial charge in [-0.15, -0.1) is 0 Å². The lowest BCUT2D eigenvalue weighted by Gasteiger charge is -2.29. The minimum Gasteiger partial charge on any atom is -0.477 e. The second kappa shape index (κ2) is 5.28. The first-order valence-corrected chi connectivity index (χ1v) is 7.56. The molecule has 5 heteroatoms. The van der Waals surface area contributed by atoms with E-state index in [4.69, 9.17) is 13.6 Å². The molecular formula is C18H17NO4. The number of benzene rings is 1. The van der Waals surface area contributed by atoms with Crippen molar-refractivity contribution in [2.45, 2.75) is 26.9 Å². The van der Waals surface area contributed by atoms with Gasteiger partial charge in [-0.05, 0) is 37.6 Å². The normalized spacial score (nSPS) is 14.7. The van der Waals surface area contributed by atoms with Crippen molar-refractivity contribution < 1.29 is 13.6 Å². The second-order valence-corrected chi connectivity index (χ2v) is 5.95. The summed E-state index contributed by atoms with van der Waals surface area (Å²) in [6.07, 6.45) is 1.68. The molecule has 3 aromatic rings. The van der Waals surface area contributed by atoms with E-state index in [1.54, 1.807) is 6.26 Å². The Bertz CT molecular complexity index is 924. The van der Waals surface area contributed by atoms with Gasteiger partial charge in [-0.1, -0.05) is 0 Å². The fraction of sp³-hybridized carbons (Fsp3) is 0.278. The molecule has 118 valence electrons. The summed E-state index contributed by atoms with van der Waals surface area (Å²) in [4.78, 5) is 13.8. The molecule has 3 heterocycles. The zero-order valence-electron chi connectivity index (χ0n) is 13.1. The van der Waals surface area contributed by atoms with Gasteiger partial charge in [-0.2, -0.15) is 0 Å². The van der Waals surface area contributed by atoms with E-state index >= 15 is 0 Å². The van der Waals surface area contributed by atoms with Gasteiger partial charge in [0.2, 0.25) is 0 Å². The summed E-state index contributed by atoms with van der Waals surface area (Å²) in [6, 6.07) is 7.43. The molecule has 0 saturated carbocycles. The van der Waals surface area contributed by atoms with Gasteiger partial charge in [-0.3, -0.25) is 4.90 Å². The van der Waals surface area contributed by atoms with Crippen LogP contribution in [0.5, 0.6) is 5.75 Å². The molecule has 0 bridgehead atoms. The van der Waals surface area contributed by atoms with E-state index in [1.165, 1.54) is 6.07 Å². The molecule has 5 nitrogen and oxygen atoms in total. The highest BCUT2D eigenvalue weighted by molar-refractivity contribution is 5.86. The molecule has 1 aromatic carbocycles. The van der Waals surface area contributed by atoms with Crippen LogP contribution in [0.25, 0.3) is 11.0 Å². The van der Waals surface area contributed by atoms with Crippen molar-refractivity contribution >= 4 is 11.0 Å². The van der Waals surface area contributed by atoms with Crippen LogP contribution in [-0.4, -0.2) is 11.6 Å². The Morgan fingerprint density at radius 1 is 1.26 bits per heavy atom. The minimum absolute atomic E-state index is 0.326. The van der Waals surface area contributed by atoms with Crippen LogP contribution in [0.15, 0.2) is 44.2 Å². The van der Waals surface area contributed by atoms with E-state index in [9.17, 15) is 4.79 Å². The highest BCUT2D eigenvalue weighted by atomic mass is 16.5. The van der Waals surface area contributed by atoms with Crippen molar-refractivity contribution in [3.05, 3.63) is 63.4 Å². The Morgan fingerprint density at radius 3 is 2.91 bits per heavy atom. The van der Waals surface area contributed by atoms with Gasteiger partial charge < -0.3 is 13.6 Å². The highest BCUT2D eigenvalue weighted by Gasteiger charge is 2.23. The summed E-state index contributed by atoms with van der Waals surface area (Å²) >= 11 is 0. The van der Waals surface area contributed by atoms with Crippen molar-refractivity contribution in [3.63, 3.8) is 0 Å². The maximum absolute atomic E-state index is 11.6. The number of rotatable bonds is 2. The lowest BCUT2D eigenvalue weighted by molar-refractivity contribution is 0.0818. The molecule has 0 unspecified atom stereocenters. The lowest BCUT2D eigenvalue weighted by Crippen LogP contribution is -2.31. The van der Waals surface area contributed by atoms with Crippen molar-refractivity contribution in [2.24, 2.45) is 0 Å². The van der Waals surface area contributed by atoms with Crippen LogP contribution < -0.4 is 10.4 Å². The summed E-state index contributed by atoms with van der Waals surface area (Å²) in [5.41, 5.74) is 3.20. The first kappa shape index (κ1) is 14.1. The number of furan rings is 1. The number of aryl methyl sites for hydroxylation is 2. The molecule has 0 fully saturated rings. The third-order valence-electron chi connectivity index (χ3n) is 4.24. The predicted octanol–water partition coefficient (Wildman–Crippen LogP) is 3.35. The van der Waals surface area contributed by atoms with Crippen molar-refractivity contribution in [3.8, 4) is 5.75 Å². The summed E-state index contributed by atoms with van der Waals surface area (Å²) in [7, 11) is 0. The third kappa shape index (κ3) is 2.43. The number of hydrogen-bond acceptors (Lipinski definition) is 5. The van der Waals surface area contributed by atoms with Gasteiger partial charge in [0.15, 0.2) is 0 Å². The lowest BCUT2D eigenvalue weighted by atomic mass is 10.0. The SMILES string of the molecule is Cc1cc(=O)oc2c(C)c3c(cc12)CN(Cc1ccco1)CO3. The monoisotopic (exact) mass is 311 g/mol. The predicted molar refractivity (Wildman–Crippen MR) is 85.4 cm³/mol. The van der Waals surface area contributed by atoms with Crippen LogP contribution in [0, 0.1) is 13.8 Å². The molecule has 23 heavy (non-hydrogen) atoms. The third-order valence-corrected chi connectivity index (χ3v) is 4.24. The molecule has 0 amide bonds. The number of ether oxygens (including phenoxy) is 1. The molecule has 1 aliphatic heterocycles. The fourth-order valence-corrected chi connectivity index (χ4v) is 3.15. The van der Waals surface area contributed by atoms with E-state index in [0.29, 0.717) is 18.9 Å². The maximum atomic E-state index is 11.6. The van der Waals surface area contributed by atoms with E-state index in [-0.39, 0.29) is 5.63 Å². The van der Waals surface area contributed by atoms with Crippen LogP contribution in [-0.2, 0) is 13.1 Å². The van der Waals surface area contributed by atoms with Crippen molar-refractivity contribution in [1.82, 2.24) is 4.90 Å². The van der Waals surface area contributed by atoms with Crippen molar-refractivity contribution in [1.29, 1.82) is 0 Å². The van der Waals surface area contributed by atoms with Crippen LogP contribution in [0.4, 0.5) is 0 Å². The molecule has 2 aromatic heterocycles. The molecule has 0 aliphatic carbocycles. The van der Waals surface area contributed by atoms with Crippen LogP contribution in [0.2, 0.25) is 0 Å². The maximum Gasteiger partial charge on any atom is 0.336 e. The topological polar surface area (TPSA) is 55.8 Å². The Kier molecular flexibility index (Phi) is 3.23. The zero-order chi connectivity index (χ0) is 16.0. The van der Waals surface area contributed by atoms with Gasteiger partial charge >= 0.3 is 5.63 Å². The molecule has 0 saturated heterocycles.